The number of hydrogen-bond donors (Lipinski definition) is 4. The molecule has 6 heteroatoms. The molecule has 0 amide bonds. The third-order valence-corrected chi connectivity index (χ3v) is 7.99. The lowest BCUT2D eigenvalue weighted by Crippen LogP contribution is -2.44. The first-order chi connectivity index (χ1) is 15.9. The highest BCUT2D eigenvalue weighted by molar-refractivity contribution is 5.79. The molecule has 1 unspecified atom stereocenters. The molecule has 0 saturated heterocycles. The van der Waals surface area contributed by atoms with E-state index in [0.29, 0.717) is 5.92 Å². The monoisotopic (exact) mass is 440 g/mol. The SMILES string of the molecule is CC1CC(c2ccc(-c3cnc(C4(N)CCC4)[nH]3)cc2)=CC=C1c1cnc(C2(N)CCC2)[nH]1. The Bertz CT molecular complexity index is 1230. The molecule has 2 heterocycles. The van der Waals surface area contributed by atoms with Crippen molar-refractivity contribution in [3.05, 3.63) is 71.7 Å². The number of hydrogen-bond acceptors (Lipinski definition) is 4. The number of rotatable bonds is 5. The van der Waals surface area contributed by atoms with Crippen LogP contribution in [0.25, 0.3) is 22.4 Å². The highest BCUT2D eigenvalue weighted by Gasteiger charge is 2.38. The van der Waals surface area contributed by atoms with Crippen LogP contribution in [0, 0.1) is 5.92 Å². The number of aromatic nitrogens is 4. The summed E-state index contributed by atoms with van der Waals surface area (Å²) in [4.78, 5) is 16.1. The minimum Gasteiger partial charge on any atom is -0.341 e. The Hall–Kier alpha value is -2.96. The normalized spacial score (nSPS) is 23.3. The van der Waals surface area contributed by atoms with Crippen LogP contribution in [0.5, 0.6) is 0 Å². The molecule has 0 bridgehead atoms. The van der Waals surface area contributed by atoms with Crippen molar-refractivity contribution in [3.63, 3.8) is 0 Å². The van der Waals surface area contributed by atoms with E-state index in [1.54, 1.807) is 0 Å². The molecule has 2 fully saturated rings. The van der Waals surface area contributed by atoms with Crippen LogP contribution in [-0.4, -0.2) is 19.9 Å². The van der Waals surface area contributed by atoms with Crippen LogP contribution in [-0.2, 0) is 11.1 Å². The van der Waals surface area contributed by atoms with Crippen molar-refractivity contribution in [1.29, 1.82) is 0 Å². The van der Waals surface area contributed by atoms with Crippen LogP contribution >= 0.6 is 0 Å². The molecule has 2 saturated carbocycles. The third-order valence-electron chi connectivity index (χ3n) is 7.99. The Balaban J connectivity index is 1.20. The van der Waals surface area contributed by atoms with Crippen molar-refractivity contribution in [2.75, 3.05) is 0 Å². The Kier molecular flexibility index (Phi) is 4.71. The van der Waals surface area contributed by atoms with Gasteiger partial charge in [0.1, 0.15) is 11.6 Å². The Labute approximate surface area is 194 Å². The fraction of sp³-hybridized carbons (Fsp3) is 0.407. The second kappa shape index (κ2) is 7.54. The summed E-state index contributed by atoms with van der Waals surface area (Å²) in [6, 6.07) is 8.75. The summed E-state index contributed by atoms with van der Waals surface area (Å²) in [6.45, 7) is 2.28. The van der Waals surface area contributed by atoms with Crippen LogP contribution in [0.15, 0.2) is 48.8 Å². The molecule has 33 heavy (non-hydrogen) atoms. The van der Waals surface area contributed by atoms with Gasteiger partial charge in [0.05, 0.1) is 34.9 Å². The predicted molar refractivity (Wildman–Crippen MR) is 132 cm³/mol. The lowest BCUT2D eigenvalue weighted by Gasteiger charge is -2.36. The molecule has 3 aliphatic rings. The third kappa shape index (κ3) is 3.49. The summed E-state index contributed by atoms with van der Waals surface area (Å²) in [5.74, 6) is 2.25. The van der Waals surface area contributed by atoms with Gasteiger partial charge in [-0.3, -0.25) is 0 Å². The average Bonchev–Trinajstić information content (AvgIpc) is 3.47. The number of benzene rings is 1. The van der Waals surface area contributed by atoms with Gasteiger partial charge in [-0.1, -0.05) is 43.3 Å². The molecule has 2 aromatic heterocycles. The van der Waals surface area contributed by atoms with E-state index in [9.17, 15) is 0 Å². The number of nitrogens with two attached hydrogens (primary N) is 2. The second-order valence-electron chi connectivity index (χ2n) is 10.3. The molecule has 3 aliphatic carbocycles. The molecule has 0 radical (unpaired) electrons. The zero-order chi connectivity index (χ0) is 22.6. The van der Waals surface area contributed by atoms with Gasteiger partial charge in [0.15, 0.2) is 0 Å². The maximum Gasteiger partial charge on any atom is 0.126 e. The quantitative estimate of drug-likeness (QED) is 0.448. The fourth-order valence-electron chi connectivity index (χ4n) is 5.33. The van der Waals surface area contributed by atoms with Crippen molar-refractivity contribution in [2.45, 2.75) is 62.9 Å². The largest absolute Gasteiger partial charge is 0.341 e. The minimum absolute atomic E-state index is 0.252. The topological polar surface area (TPSA) is 109 Å². The standard InChI is InChI=1S/C27H32N6/c1-17-14-20(8-9-21(17)23-16-31-25(33-23)27(29)12-3-13-27)18-4-6-19(7-5-18)22-15-30-24(32-22)26(28)10-2-11-26/h4-9,15-17H,2-3,10-14,28-29H2,1H3,(H,30,32)(H,31,33). The average molecular weight is 441 g/mol. The number of allylic oxidation sites excluding steroid dienone is 4. The Morgan fingerprint density at radius 1 is 0.788 bits per heavy atom. The van der Waals surface area contributed by atoms with E-state index in [-0.39, 0.29) is 11.1 Å². The molecule has 6 N–H and O–H groups in total. The van der Waals surface area contributed by atoms with E-state index in [2.05, 4.69) is 63.3 Å². The van der Waals surface area contributed by atoms with E-state index in [0.717, 1.165) is 60.7 Å². The second-order valence-corrected chi connectivity index (χ2v) is 10.3. The first-order valence-corrected chi connectivity index (χ1v) is 12.1. The van der Waals surface area contributed by atoms with Gasteiger partial charge in [-0.25, -0.2) is 9.97 Å². The summed E-state index contributed by atoms with van der Waals surface area (Å²) in [7, 11) is 0. The van der Waals surface area contributed by atoms with E-state index in [1.165, 1.54) is 29.6 Å². The molecular weight excluding hydrogens is 408 g/mol. The van der Waals surface area contributed by atoms with Crippen LogP contribution < -0.4 is 11.5 Å². The highest BCUT2D eigenvalue weighted by atomic mass is 15.0. The van der Waals surface area contributed by atoms with E-state index < -0.39 is 0 Å². The number of H-pyrrole nitrogens is 2. The minimum atomic E-state index is -0.261. The Morgan fingerprint density at radius 3 is 1.88 bits per heavy atom. The van der Waals surface area contributed by atoms with Gasteiger partial charge >= 0.3 is 0 Å². The van der Waals surface area contributed by atoms with Crippen LogP contribution in [0.1, 0.15) is 74.8 Å². The van der Waals surface area contributed by atoms with Crippen molar-refractivity contribution in [2.24, 2.45) is 17.4 Å². The first kappa shape index (κ1) is 20.6. The van der Waals surface area contributed by atoms with Crippen LogP contribution in [0.2, 0.25) is 0 Å². The molecule has 170 valence electrons. The molecule has 0 spiro atoms. The molecule has 6 nitrogen and oxygen atoms in total. The van der Waals surface area contributed by atoms with Crippen molar-refractivity contribution in [3.8, 4) is 11.3 Å². The molecule has 6 rings (SSSR count). The summed E-state index contributed by atoms with van der Waals surface area (Å²) in [5, 5.41) is 0. The highest BCUT2D eigenvalue weighted by Crippen LogP contribution is 2.40. The number of nitrogens with one attached hydrogen (secondary N) is 2. The Morgan fingerprint density at radius 2 is 1.33 bits per heavy atom. The zero-order valence-corrected chi connectivity index (χ0v) is 19.2. The maximum atomic E-state index is 6.45. The molecule has 1 atom stereocenters. The van der Waals surface area contributed by atoms with Gasteiger partial charge < -0.3 is 21.4 Å². The van der Waals surface area contributed by atoms with E-state index in [1.807, 2.05) is 12.4 Å². The fourth-order valence-corrected chi connectivity index (χ4v) is 5.33. The summed E-state index contributed by atoms with van der Waals surface area (Å²) in [5.41, 5.74) is 19.5. The number of nitrogens with zero attached hydrogens (tertiary/aromatic N) is 2. The van der Waals surface area contributed by atoms with Crippen LogP contribution in [0.4, 0.5) is 0 Å². The van der Waals surface area contributed by atoms with E-state index in [4.69, 9.17) is 11.5 Å². The van der Waals surface area contributed by atoms with Crippen LogP contribution in [0.3, 0.4) is 0 Å². The lowest BCUT2D eigenvalue weighted by atomic mass is 9.77. The summed E-state index contributed by atoms with van der Waals surface area (Å²) < 4.78 is 0. The van der Waals surface area contributed by atoms with Crippen molar-refractivity contribution >= 4 is 11.1 Å². The number of aromatic amines is 2. The predicted octanol–water partition coefficient (Wildman–Crippen LogP) is 4.98. The maximum absolute atomic E-state index is 6.45. The van der Waals surface area contributed by atoms with Gasteiger partial charge in [-0.15, -0.1) is 0 Å². The molecule has 1 aromatic carbocycles. The van der Waals surface area contributed by atoms with Gasteiger partial charge in [-0.2, -0.15) is 0 Å². The zero-order valence-electron chi connectivity index (χ0n) is 19.2. The van der Waals surface area contributed by atoms with Gasteiger partial charge in [0.2, 0.25) is 0 Å². The summed E-state index contributed by atoms with van der Waals surface area (Å²) >= 11 is 0. The van der Waals surface area contributed by atoms with Gasteiger partial charge in [0.25, 0.3) is 0 Å². The van der Waals surface area contributed by atoms with Gasteiger partial charge in [-0.05, 0) is 73.1 Å². The molecule has 3 aromatic rings. The first-order valence-electron chi connectivity index (χ1n) is 12.1. The lowest BCUT2D eigenvalue weighted by molar-refractivity contribution is 0.240. The molecule has 0 aliphatic heterocycles. The summed E-state index contributed by atoms with van der Waals surface area (Å²) in [6.07, 6.45) is 15.7. The van der Waals surface area contributed by atoms with Crippen molar-refractivity contribution < 1.29 is 0 Å². The van der Waals surface area contributed by atoms with E-state index >= 15 is 0 Å². The van der Waals surface area contributed by atoms with Gasteiger partial charge in [0, 0.05) is 0 Å². The molecular formula is C27H32N6. The number of imidazole rings is 2. The smallest absolute Gasteiger partial charge is 0.126 e. The van der Waals surface area contributed by atoms with Crippen molar-refractivity contribution in [1.82, 2.24) is 19.9 Å².